The third-order valence-corrected chi connectivity index (χ3v) is 7.17. The molecule has 5 nitrogen and oxygen atoms in total. The third-order valence-electron chi connectivity index (χ3n) is 7.17. The zero-order valence-corrected chi connectivity index (χ0v) is 15.8. The fourth-order valence-electron chi connectivity index (χ4n) is 6.36. The van der Waals surface area contributed by atoms with Gasteiger partial charge in [-0.2, -0.15) is 4.98 Å². The molecule has 0 radical (unpaired) electrons. The summed E-state index contributed by atoms with van der Waals surface area (Å²) in [5, 5.41) is 4.21. The van der Waals surface area contributed by atoms with Crippen molar-refractivity contribution in [2.45, 2.75) is 38.1 Å². The molecule has 1 aromatic carbocycles. The van der Waals surface area contributed by atoms with Gasteiger partial charge in [-0.25, -0.2) is 4.98 Å². The van der Waals surface area contributed by atoms with Crippen molar-refractivity contribution in [2.24, 2.45) is 23.7 Å². The van der Waals surface area contributed by atoms with Crippen LogP contribution < -0.4 is 10.9 Å². The first-order chi connectivity index (χ1) is 13.7. The number of para-hydroxylation sites is 1. The van der Waals surface area contributed by atoms with Gasteiger partial charge in [-0.05, 0) is 74.0 Å². The number of aromatic nitrogens is 3. The predicted molar refractivity (Wildman–Crippen MR) is 110 cm³/mol. The molecule has 5 heteroatoms. The highest BCUT2D eigenvalue weighted by Gasteiger charge is 2.49. The zero-order valence-electron chi connectivity index (χ0n) is 15.8. The summed E-state index contributed by atoms with van der Waals surface area (Å²) in [5.74, 6) is 3.56. The van der Waals surface area contributed by atoms with Gasteiger partial charge >= 0.3 is 0 Å². The van der Waals surface area contributed by atoms with Gasteiger partial charge in [0.15, 0.2) is 0 Å². The Morgan fingerprint density at radius 2 is 1.61 bits per heavy atom. The van der Waals surface area contributed by atoms with Crippen molar-refractivity contribution in [1.82, 2.24) is 14.5 Å². The Kier molecular flexibility index (Phi) is 3.58. The number of hydrogen-bond donors (Lipinski definition) is 1. The van der Waals surface area contributed by atoms with Gasteiger partial charge in [0.1, 0.15) is 5.65 Å². The van der Waals surface area contributed by atoms with E-state index in [9.17, 15) is 4.79 Å². The number of benzene rings is 1. The normalized spacial score (nSPS) is 30.6. The summed E-state index contributed by atoms with van der Waals surface area (Å²) in [6.07, 6.45) is 8.36. The second-order valence-corrected chi connectivity index (χ2v) is 8.93. The fraction of sp³-hybridized carbons (Fsp3) is 0.435. The van der Waals surface area contributed by atoms with E-state index < -0.39 is 0 Å². The van der Waals surface area contributed by atoms with Gasteiger partial charge in [0, 0.05) is 29.4 Å². The minimum absolute atomic E-state index is 0.0781. The van der Waals surface area contributed by atoms with Crippen molar-refractivity contribution in [3.63, 3.8) is 0 Å². The van der Waals surface area contributed by atoms with Crippen molar-refractivity contribution in [2.75, 3.05) is 5.32 Å². The zero-order chi connectivity index (χ0) is 18.7. The highest BCUT2D eigenvalue weighted by molar-refractivity contribution is 5.75. The Labute approximate surface area is 163 Å². The molecule has 0 atom stereocenters. The molecule has 142 valence electrons. The Morgan fingerprint density at radius 3 is 2.32 bits per heavy atom. The van der Waals surface area contributed by atoms with Gasteiger partial charge in [0.05, 0.1) is 0 Å². The van der Waals surface area contributed by atoms with Gasteiger partial charge in [0.2, 0.25) is 5.95 Å². The maximum absolute atomic E-state index is 13.0. The summed E-state index contributed by atoms with van der Waals surface area (Å²) >= 11 is 0. The molecular formula is C23H24N4O. The lowest BCUT2D eigenvalue weighted by molar-refractivity contribution is -0.0289. The van der Waals surface area contributed by atoms with Crippen LogP contribution in [0.5, 0.6) is 0 Å². The molecule has 1 N–H and O–H groups in total. The Hall–Kier alpha value is -2.69. The number of hydrogen-bond acceptors (Lipinski definition) is 4. The molecule has 2 heterocycles. The van der Waals surface area contributed by atoms with Crippen molar-refractivity contribution < 1.29 is 0 Å². The van der Waals surface area contributed by atoms with Crippen LogP contribution in [0.15, 0.2) is 53.5 Å². The molecule has 4 aliphatic carbocycles. The number of fused-ring (bicyclic) bond motifs is 1. The van der Waals surface area contributed by atoms with E-state index in [1.807, 2.05) is 47.2 Å². The number of rotatable bonds is 3. The maximum Gasteiger partial charge on any atom is 0.252 e. The van der Waals surface area contributed by atoms with Crippen molar-refractivity contribution in [1.29, 1.82) is 0 Å². The number of pyridine rings is 1. The lowest BCUT2D eigenvalue weighted by atomic mass is 9.54. The van der Waals surface area contributed by atoms with Crippen LogP contribution in [-0.2, 0) is 0 Å². The molecule has 0 saturated heterocycles. The Morgan fingerprint density at radius 1 is 0.893 bits per heavy atom. The summed E-state index contributed by atoms with van der Waals surface area (Å²) in [6, 6.07) is 13.8. The number of nitrogens with one attached hydrogen (secondary N) is 1. The van der Waals surface area contributed by atoms with Crippen LogP contribution >= 0.6 is 0 Å². The lowest BCUT2D eigenvalue weighted by Crippen LogP contribution is -2.48. The minimum atomic E-state index is 0.0781. The van der Waals surface area contributed by atoms with E-state index in [2.05, 4.69) is 10.3 Å². The molecule has 0 spiro atoms. The summed E-state index contributed by atoms with van der Waals surface area (Å²) in [5.41, 5.74) is 1.80. The molecule has 7 rings (SSSR count). The third kappa shape index (κ3) is 2.56. The van der Waals surface area contributed by atoms with Crippen LogP contribution in [0.25, 0.3) is 11.0 Å². The molecule has 3 aromatic rings. The molecule has 0 aliphatic heterocycles. The first kappa shape index (κ1) is 16.3. The monoisotopic (exact) mass is 372 g/mol. The Bertz CT molecular complexity index is 1060. The van der Waals surface area contributed by atoms with E-state index >= 15 is 0 Å². The predicted octanol–water partition coefficient (Wildman–Crippen LogP) is 4.53. The highest BCUT2D eigenvalue weighted by Crippen LogP contribution is 2.58. The topological polar surface area (TPSA) is 59.8 Å². The summed E-state index contributed by atoms with van der Waals surface area (Å²) in [4.78, 5) is 22.3. The van der Waals surface area contributed by atoms with E-state index in [-0.39, 0.29) is 5.56 Å². The highest BCUT2D eigenvalue weighted by atomic mass is 16.1. The van der Waals surface area contributed by atoms with Crippen molar-refractivity contribution in [3.8, 4) is 0 Å². The molecule has 0 amide bonds. The quantitative estimate of drug-likeness (QED) is 0.734. The average Bonchev–Trinajstić information content (AvgIpc) is 2.69. The number of nitrogens with zero attached hydrogens (tertiary/aromatic N) is 3. The maximum atomic E-state index is 13.0. The van der Waals surface area contributed by atoms with Crippen LogP contribution in [0.3, 0.4) is 0 Å². The van der Waals surface area contributed by atoms with Crippen LogP contribution in [0.1, 0.15) is 38.1 Å². The van der Waals surface area contributed by atoms with Gasteiger partial charge < -0.3 is 5.32 Å². The summed E-state index contributed by atoms with van der Waals surface area (Å²) < 4.78 is 2.01. The van der Waals surface area contributed by atoms with Crippen molar-refractivity contribution in [3.05, 3.63) is 59.0 Å². The van der Waals surface area contributed by atoms with Crippen molar-refractivity contribution >= 4 is 22.7 Å². The van der Waals surface area contributed by atoms with Gasteiger partial charge in [-0.15, -0.1) is 0 Å². The second-order valence-electron chi connectivity index (χ2n) is 8.93. The first-order valence-corrected chi connectivity index (χ1v) is 10.4. The fourth-order valence-corrected chi connectivity index (χ4v) is 6.36. The molecule has 2 aromatic heterocycles. The van der Waals surface area contributed by atoms with E-state index in [0.717, 1.165) is 28.6 Å². The molecule has 4 bridgehead atoms. The SMILES string of the molecule is O=c1ccc2cnc(Nc3ccccc3)nc2n1C1C2CC3CC(C2)CC1C3. The molecule has 28 heavy (non-hydrogen) atoms. The molecule has 0 unspecified atom stereocenters. The molecule has 4 saturated carbocycles. The van der Waals surface area contributed by atoms with Crippen LogP contribution in [0.4, 0.5) is 11.6 Å². The molecule has 4 aliphatic rings. The average molecular weight is 372 g/mol. The summed E-state index contributed by atoms with van der Waals surface area (Å²) in [7, 11) is 0. The van der Waals surface area contributed by atoms with Crippen LogP contribution in [0, 0.1) is 23.7 Å². The minimum Gasteiger partial charge on any atom is -0.324 e. The van der Waals surface area contributed by atoms with E-state index in [1.165, 1.54) is 32.1 Å². The first-order valence-electron chi connectivity index (χ1n) is 10.4. The summed E-state index contributed by atoms with van der Waals surface area (Å²) in [6.45, 7) is 0. The van der Waals surface area contributed by atoms with E-state index in [1.54, 1.807) is 6.07 Å². The number of anilines is 2. The van der Waals surface area contributed by atoms with E-state index in [0.29, 0.717) is 23.8 Å². The largest absolute Gasteiger partial charge is 0.324 e. The standard InChI is InChI=1S/C23H24N4O/c28-20-7-6-16-13-24-23(25-19-4-2-1-3-5-19)26-22(16)27(20)21-17-9-14-8-15(11-17)12-18(21)10-14/h1-7,13-15,17-18,21H,8-12H2,(H,24,25,26). The van der Waals surface area contributed by atoms with Gasteiger partial charge in [-0.1, -0.05) is 18.2 Å². The van der Waals surface area contributed by atoms with E-state index in [4.69, 9.17) is 4.98 Å². The lowest BCUT2D eigenvalue weighted by Gasteiger charge is -2.54. The van der Waals surface area contributed by atoms with Gasteiger partial charge in [0.25, 0.3) is 5.56 Å². The molecule has 4 fully saturated rings. The van der Waals surface area contributed by atoms with Gasteiger partial charge in [-0.3, -0.25) is 9.36 Å². The van der Waals surface area contributed by atoms with Crippen LogP contribution in [-0.4, -0.2) is 14.5 Å². The Balaban J connectivity index is 1.46. The van der Waals surface area contributed by atoms with Crippen LogP contribution in [0.2, 0.25) is 0 Å². The second kappa shape index (κ2) is 6.16. The smallest absolute Gasteiger partial charge is 0.252 e. The molecular weight excluding hydrogens is 348 g/mol.